The van der Waals surface area contributed by atoms with Crippen LogP contribution in [0.15, 0.2) is 34.2 Å². The van der Waals surface area contributed by atoms with Crippen LogP contribution < -0.4 is 5.32 Å². The molecule has 1 aliphatic heterocycles. The van der Waals surface area contributed by atoms with Crippen molar-refractivity contribution in [3.8, 4) is 21.7 Å². The van der Waals surface area contributed by atoms with Crippen LogP contribution >= 0.6 is 27.3 Å². The molecule has 9 heteroatoms. The van der Waals surface area contributed by atoms with E-state index in [0.29, 0.717) is 12.0 Å². The van der Waals surface area contributed by atoms with Crippen molar-refractivity contribution in [1.29, 1.82) is 0 Å². The number of aromatic amines is 1. The van der Waals surface area contributed by atoms with Crippen LogP contribution in [0, 0.1) is 5.92 Å². The van der Waals surface area contributed by atoms with Crippen LogP contribution in [-0.4, -0.2) is 46.6 Å². The van der Waals surface area contributed by atoms with Crippen molar-refractivity contribution < 1.29 is 14.3 Å². The smallest absolute Gasteiger partial charge is 0.407 e. The number of methoxy groups -OCH3 is 1. The number of imidazole rings is 1. The number of likely N-dealkylation sites (tertiary alicyclic amines) is 1. The van der Waals surface area contributed by atoms with Gasteiger partial charge in [0.2, 0.25) is 5.91 Å². The van der Waals surface area contributed by atoms with Crippen LogP contribution in [0.2, 0.25) is 0 Å². The number of amides is 2. The molecule has 2 aliphatic carbocycles. The van der Waals surface area contributed by atoms with Crippen LogP contribution in [0.4, 0.5) is 4.79 Å². The maximum absolute atomic E-state index is 13.5. The third-order valence-electron chi connectivity index (χ3n) is 9.20. The minimum absolute atomic E-state index is 0.0627. The number of rotatable bonds is 6. The highest BCUT2D eigenvalue weighted by atomic mass is 79.9. The summed E-state index contributed by atoms with van der Waals surface area (Å²) in [4.78, 5) is 36.8. The molecule has 6 rings (SSSR count). The standard InChI is InChI=1S/C31H37BrN4O3S/c1-18(2)25(35-30(38)39-3)29(37)36-16-6-7-23(36)28-33-17-22(34-28)19-8-10-20(11-9-19)26-24-21(27(32)40-26)12-15-31(24)13-4-5-14-31/h8-11,17-18,23,25H,4-7,12-16H2,1-3H3,(H,33,34)(H,35,38)/t23-,25-/m0/s1. The zero-order chi connectivity index (χ0) is 28.0. The average Bonchev–Trinajstić information content (AvgIpc) is 3.78. The molecule has 2 N–H and O–H groups in total. The summed E-state index contributed by atoms with van der Waals surface area (Å²) < 4.78 is 6.06. The molecule has 0 bridgehead atoms. The number of carbonyl (C=O) groups is 2. The molecule has 0 unspecified atom stereocenters. The second-order valence-electron chi connectivity index (χ2n) is 11.9. The molecule has 2 aromatic heterocycles. The van der Waals surface area contributed by atoms with Gasteiger partial charge in [0.25, 0.3) is 0 Å². The van der Waals surface area contributed by atoms with Gasteiger partial charge in [-0.3, -0.25) is 4.79 Å². The lowest BCUT2D eigenvalue weighted by molar-refractivity contribution is -0.135. The monoisotopic (exact) mass is 624 g/mol. The molecule has 2 atom stereocenters. The van der Waals surface area contributed by atoms with E-state index in [2.05, 4.69) is 50.5 Å². The largest absolute Gasteiger partial charge is 0.453 e. The van der Waals surface area contributed by atoms with Gasteiger partial charge in [-0.25, -0.2) is 9.78 Å². The Labute approximate surface area is 248 Å². The van der Waals surface area contributed by atoms with Crippen molar-refractivity contribution in [3.05, 3.63) is 51.2 Å². The van der Waals surface area contributed by atoms with E-state index in [9.17, 15) is 9.59 Å². The molecule has 0 radical (unpaired) electrons. The van der Waals surface area contributed by atoms with Gasteiger partial charge in [0.05, 0.1) is 28.8 Å². The first-order valence-corrected chi connectivity index (χ1v) is 16.0. The first kappa shape index (κ1) is 27.5. The van der Waals surface area contributed by atoms with Gasteiger partial charge in [0, 0.05) is 11.4 Å². The summed E-state index contributed by atoms with van der Waals surface area (Å²) in [6.45, 7) is 4.49. The van der Waals surface area contributed by atoms with Crippen LogP contribution in [-0.2, 0) is 21.4 Å². The predicted molar refractivity (Wildman–Crippen MR) is 161 cm³/mol. The second kappa shape index (κ2) is 11.0. The highest BCUT2D eigenvalue weighted by molar-refractivity contribution is 9.11. The SMILES string of the molecule is COC(=O)N[C@H](C(=O)N1CCC[C@H]1c1ncc(-c2ccc(-c3sc(Br)c4c3C3(CCCC3)CC4)cc2)[nH]1)C(C)C. The number of nitrogens with zero attached hydrogens (tertiary/aromatic N) is 2. The number of aromatic nitrogens is 2. The van der Waals surface area contributed by atoms with Crippen molar-refractivity contribution in [1.82, 2.24) is 20.2 Å². The molecule has 3 aliphatic rings. The first-order valence-electron chi connectivity index (χ1n) is 14.4. The topological polar surface area (TPSA) is 87.3 Å². The maximum atomic E-state index is 13.5. The van der Waals surface area contributed by atoms with Gasteiger partial charge < -0.3 is 19.9 Å². The number of nitrogens with one attached hydrogen (secondary N) is 2. The molecule has 1 spiro atoms. The van der Waals surface area contributed by atoms with E-state index >= 15 is 0 Å². The Morgan fingerprint density at radius 3 is 2.58 bits per heavy atom. The van der Waals surface area contributed by atoms with Gasteiger partial charge in [-0.1, -0.05) is 51.0 Å². The molecule has 40 heavy (non-hydrogen) atoms. The zero-order valence-electron chi connectivity index (χ0n) is 23.4. The number of alkyl carbamates (subject to hydrolysis) is 1. The van der Waals surface area contributed by atoms with E-state index in [0.717, 1.165) is 29.9 Å². The van der Waals surface area contributed by atoms with Crippen molar-refractivity contribution >= 4 is 39.3 Å². The summed E-state index contributed by atoms with van der Waals surface area (Å²) in [5.74, 6) is 0.626. The predicted octanol–water partition coefficient (Wildman–Crippen LogP) is 7.37. The molecule has 3 heterocycles. The lowest BCUT2D eigenvalue weighted by Crippen LogP contribution is -2.51. The number of benzene rings is 1. The van der Waals surface area contributed by atoms with Crippen LogP contribution in [0.25, 0.3) is 21.7 Å². The van der Waals surface area contributed by atoms with Gasteiger partial charge in [0.15, 0.2) is 0 Å². The third kappa shape index (κ3) is 4.79. The number of halogens is 1. The Bertz CT molecular complexity index is 1410. The van der Waals surface area contributed by atoms with Gasteiger partial charge in [-0.2, -0.15) is 0 Å². The quantitative estimate of drug-likeness (QED) is 0.300. The number of thiophene rings is 1. The maximum Gasteiger partial charge on any atom is 0.407 e. The van der Waals surface area contributed by atoms with E-state index in [1.165, 1.54) is 59.9 Å². The highest BCUT2D eigenvalue weighted by Gasteiger charge is 2.44. The number of hydrogen-bond acceptors (Lipinski definition) is 5. The Morgan fingerprint density at radius 2 is 1.88 bits per heavy atom. The Morgan fingerprint density at radius 1 is 1.15 bits per heavy atom. The lowest BCUT2D eigenvalue weighted by Gasteiger charge is -2.30. The number of H-pyrrole nitrogens is 1. The average molecular weight is 626 g/mol. The van der Waals surface area contributed by atoms with E-state index in [1.807, 2.05) is 36.3 Å². The summed E-state index contributed by atoms with van der Waals surface area (Å²) >= 11 is 5.77. The molecule has 1 saturated carbocycles. The van der Waals surface area contributed by atoms with E-state index in [1.54, 1.807) is 11.1 Å². The Hall–Kier alpha value is -2.65. The molecule has 2 amide bonds. The number of fused-ring (bicyclic) bond motifs is 2. The van der Waals surface area contributed by atoms with E-state index in [4.69, 9.17) is 9.72 Å². The summed E-state index contributed by atoms with van der Waals surface area (Å²) in [7, 11) is 1.31. The summed E-state index contributed by atoms with van der Waals surface area (Å²) in [6.07, 6.45) is 10.8. The summed E-state index contributed by atoms with van der Waals surface area (Å²) in [5, 5.41) is 2.71. The van der Waals surface area contributed by atoms with Crippen molar-refractivity contribution in [2.75, 3.05) is 13.7 Å². The van der Waals surface area contributed by atoms with Crippen LogP contribution in [0.3, 0.4) is 0 Å². The minimum atomic E-state index is -0.642. The molecular weight excluding hydrogens is 588 g/mol. The number of ether oxygens (including phenoxy) is 1. The molecule has 3 aromatic rings. The molecule has 1 saturated heterocycles. The van der Waals surface area contributed by atoms with E-state index < -0.39 is 12.1 Å². The second-order valence-corrected chi connectivity index (χ2v) is 14.2. The molecule has 7 nitrogen and oxygen atoms in total. The fourth-order valence-electron chi connectivity index (χ4n) is 7.11. The van der Waals surface area contributed by atoms with Crippen molar-refractivity contribution in [3.63, 3.8) is 0 Å². The highest BCUT2D eigenvalue weighted by Crippen LogP contribution is 2.57. The van der Waals surface area contributed by atoms with Crippen LogP contribution in [0.5, 0.6) is 0 Å². The fraction of sp³-hybridized carbons (Fsp3) is 0.516. The Kier molecular flexibility index (Phi) is 7.55. The van der Waals surface area contributed by atoms with Crippen molar-refractivity contribution in [2.45, 2.75) is 82.7 Å². The van der Waals surface area contributed by atoms with Crippen molar-refractivity contribution in [2.24, 2.45) is 5.92 Å². The molecule has 2 fully saturated rings. The third-order valence-corrected chi connectivity index (χ3v) is 11.2. The van der Waals surface area contributed by atoms with Gasteiger partial charge in [-0.15, -0.1) is 11.3 Å². The van der Waals surface area contributed by atoms with Gasteiger partial charge >= 0.3 is 6.09 Å². The normalized spacial score (nSPS) is 20.3. The first-order chi connectivity index (χ1) is 19.3. The zero-order valence-corrected chi connectivity index (χ0v) is 25.8. The Balaban J connectivity index is 1.22. The molecule has 212 valence electrons. The summed E-state index contributed by atoms with van der Waals surface area (Å²) in [5.41, 5.74) is 6.85. The molecular formula is C31H37BrN4O3S. The fourth-order valence-corrected chi connectivity index (χ4v) is 9.20. The number of hydrogen-bond donors (Lipinski definition) is 2. The number of carbonyl (C=O) groups excluding carboxylic acids is 2. The summed E-state index contributed by atoms with van der Waals surface area (Å²) in [6, 6.07) is 8.05. The van der Waals surface area contributed by atoms with Gasteiger partial charge in [-0.05, 0) is 88.0 Å². The molecule has 1 aromatic carbocycles. The lowest BCUT2D eigenvalue weighted by atomic mass is 9.79. The van der Waals surface area contributed by atoms with E-state index in [-0.39, 0.29) is 17.9 Å². The minimum Gasteiger partial charge on any atom is -0.453 e. The van der Waals surface area contributed by atoms with Crippen LogP contribution in [0.1, 0.15) is 81.8 Å². The van der Waals surface area contributed by atoms with Gasteiger partial charge in [0.1, 0.15) is 11.9 Å².